The van der Waals surface area contributed by atoms with Crippen LogP contribution in [0.2, 0.25) is 24.4 Å². The second-order valence-corrected chi connectivity index (χ2v) is 12.0. The normalized spacial score (nSPS) is 17.9. The molecule has 0 aliphatic carbocycles. The minimum Gasteiger partial charge on any atom is -0.252 e. The van der Waals surface area contributed by atoms with Gasteiger partial charge in [0.15, 0.2) is 8.96 Å². The summed E-state index contributed by atoms with van der Waals surface area (Å²) in [6.45, 7) is 6.82. The van der Waals surface area contributed by atoms with Crippen molar-refractivity contribution < 1.29 is 4.79 Å². The van der Waals surface area contributed by atoms with E-state index in [1.54, 1.807) is 6.08 Å². The predicted octanol–water partition coefficient (Wildman–Crippen LogP) is -0.605. The number of isocyanates is 1. The van der Waals surface area contributed by atoms with Gasteiger partial charge in [-0.15, -0.1) is 0 Å². The van der Waals surface area contributed by atoms with Crippen molar-refractivity contribution in [1.29, 1.82) is 0 Å². The summed E-state index contributed by atoms with van der Waals surface area (Å²) in [7, 11) is -0.770. The van der Waals surface area contributed by atoms with Gasteiger partial charge in [-0.05, 0) is 4.79 Å². The van der Waals surface area contributed by atoms with Crippen LogP contribution < -0.4 is 0 Å². The molecule has 1 atom stereocenters. The van der Waals surface area contributed by atoms with Crippen LogP contribution in [0.25, 0.3) is 0 Å². The lowest BCUT2D eigenvalue weighted by Gasteiger charge is -2.11. The Kier molecular flexibility index (Phi) is 5.81. The average Bonchev–Trinajstić information content (AvgIpc) is 1.91. The third kappa shape index (κ3) is 3.26. The molecule has 0 aromatic heterocycles. The number of hydrogen-bond acceptors (Lipinski definition) is 2. The van der Waals surface area contributed by atoms with Gasteiger partial charge in [0.25, 0.3) is 0 Å². The quantitative estimate of drug-likeness (QED) is 0.330. The van der Waals surface area contributed by atoms with E-state index < -0.39 is 8.96 Å². The fourth-order valence-electron chi connectivity index (χ4n) is 1.16. The van der Waals surface area contributed by atoms with E-state index in [9.17, 15) is 4.79 Å². The topological polar surface area (TPSA) is 29.4 Å². The molecule has 0 N–H and O–H groups in total. The van der Waals surface area contributed by atoms with Crippen LogP contribution in [0.15, 0.2) is 4.66 Å². The molecule has 1 unspecified atom stereocenters. The van der Waals surface area contributed by atoms with Crippen molar-refractivity contribution in [3.05, 3.63) is 0 Å². The van der Waals surface area contributed by atoms with E-state index in [-0.39, 0.29) is 19.0 Å². The Morgan fingerprint density at radius 3 is 2.30 bits per heavy atom. The highest BCUT2D eigenvalue weighted by atomic mass is 28.4. The van der Waals surface area contributed by atoms with E-state index in [1.807, 2.05) is 0 Å². The van der Waals surface area contributed by atoms with Gasteiger partial charge in [0.05, 0.1) is 0 Å². The highest BCUT2D eigenvalue weighted by molar-refractivity contribution is 6.83. The third-order valence-electron chi connectivity index (χ3n) is 1.99. The van der Waals surface area contributed by atoms with Gasteiger partial charge in [0, 0.05) is 19.0 Å². The van der Waals surface area contributed by atoms with E-state index >= 15 is 0 Å². The Bertz CT molecular complexity index is 131. The molecule has 2 nitrogen and oxygen atoms in total. The lowest BCUT2D eigenvalue weighted by Crippen LogP contribution is -2.22. The first-order valence-electron chi connectivity index (χ1n) is 3.83. The SMILES string of the molecule is C[SiH2]C([SiH2]C)[SiH](C)N=C=O. The van der Waals surface area contributed by atoms with Gasteiger partial charge in [-0.3, -0.25) is 4.66 Å². The first-order chi connectivity index (χ1) is 4.76. The number of rotatable bonds is 4. The van der Waals surface area contributed by atoms with Crippen LogP contribution in [-0.4, -0.2) is 34.1 Å². The maximum atomic E-state index is 9.93. The molecule has 5 heteroatoms. The van der Waals surface area contributed by atoms with Gasteiger partial charge in [-0.1, -0.05) is 19.6 Å². The predicted molar refractivity (Wildman–Crippen MR) is 53.7 cm³/mol. The Hall–Kier alpha value is 0.0306. The fourth-order valence-corrected chi connectivity index (χ4v) is 9.94. The summed E-state index contributed by atoms with van der Waals surface area (Å²) < 4.78 is 3.87. The molecular weight excluding hydrogens is 174 g/mol. The van der Waals surface area contributed by atoms with Crippen LogP contribution in [0.4, 0.5) is 0 Å². The lowest BCUT2D eigenvalue weighted by atomic mass is 11.7. The molecule has 0 radical (unpaired) electrons. The van der Waals surface area contributed by atoms with Crippen molar-refractivity contribution in [2.24, 2.45) is 4.66 Å². The lowest BCUT2D eigenvalue weighted by molar-refractivity contribution is 0.566. The van der Waals surface area contributed by atoms with Crippen LogP contribution in [0.1, 0.15) is 0 Å². The smallest absolute Gasteiger partial charge is 0.224 e. The molecule has 0 bridgehead atoms. The minimum atomic E-state index is -0.992. The zero-order valence-corrected chi connectivity index (χ0v) is 10.9. The van der Waals surface area contributed by atoms with E-state index in [2.05, 4.69) is 24.3 Å². The zero-order valence-electron chi connectivity index (χ0n) is 6.92. The molecule has 10 heavy (non-hydrogen) atoms. The summed E-state index contributed by atoms with van der Waals surface area (Å²) in [6.07, 6.45) is 1.70. The van der Waals surface area contributed by atoms with Crippen molar-refractivity contribution in [2.75, 3.05) is 0 Å². The van der Waals surface area contributed by atoms with Crippen molar-refractivity contribution in [3.63, 3.8) is 0 Å². The summed E-state index contributed by atoms with van der Waals surface area (Å²) >= 11 is 0. The van der Waals surface area contributed by atoms with Crippen LogP contribution in [0.3, 0.4) is 0 Å². The van der Waals surface area contributed by atoms with Crippen LogP contribution in [0, 0.1) is 0 Å². The summed E-state index contributed by atoms with van der Waals surface area (Å²) in [5.41, 5.74) is 0. The molecule has 0 saturated heterocycles. The molecular formula is C5H15NOSi3. The Morgan fingerprint density at radius 1 is 1.50 bits per heavy atom. The first kappa shape index (κ1) is 10.0. The molecule has 0 rings (SSSR count). The van der Waals surface area contributed by atoms with Gasteiger partial charge in [-0.25, -0.2) is 4.79 Å². The minimum absolute atomic E-state index is 0.111. The van der Waals surface area contributed by atoms with Crippen LogP contribution in [0.5, 0.6) is 0 Å². The molecule has 0 aromatic rings. The highest BCUT2D eigenvalue weighted by Gasteiger charge is 2.14. The van der Waals surface area contributed by atoms with Crippen LogP contribution >= 0.6 is 0 Å². The molecule has 0 heterocycles. The third-order valence-corrected chi connectivity index (χ3v) is 16.3. The molecule has 0 fully saturated rings. The van der Waals surface area contributed by atoms with Crippen molar-refractivity contribution in [1.82, 2.24) is 0 Å². The summed E-state index contributed by atoms with van der Waals surface area (Å²) in [5.74, 6) is 0. The maximum absolute atomic E-state index is 9.93. The summed E-state index contributed by atoms with van der Waals surface area (Å²) in [5, 5.41) is 0. The Labute approximate surface area is 68.5 Å². The fraction of sp³-hybridized carbons (Fsp3) is 0.800. The van der Waals surface area contributed by atoms with E-state index in [0.717, 1.165) is 4.79 Å². The van der Waals surface area contributed by atoms with E-state index in [1.165, 1.54) is 0 Å². The van der Waals surface area contributed by atoms with E-state index in [0.29, 0.717) is 0 Å². The molecule has 0 saturated carbocycles. The zero-order chi connectivity index (χ0) is 7.98. The van der Waals surface area contributed by atoms with Gasteiger partial charge in [0.2, 0.25) is 6.08 Å². The van der Waals surface area contributed by atoms with Gasteiger partial charge < -0.3 is 0 Å². The standard InChI is InChI=1S/C5H15NOSi3/c1-8-5(9-2)10(3)6-4-7/h5,10H,8-9H2,1-3H3. The van der Waals surface area contributed by atoms with Crippen LogP contribution in [-0.2, 0) is 4.79 Å². The monoisotopic (exact) mass is 189 g/mol. The largest absolute Gasteiger partial charge is 0.252 e. The molecule has 0 aliphatic heterocycles. The van der Waals surface area contributed by atoms with Crippen molar-refractivity contribution >= 4 is 34.1 Å². The highest BCUT2D eigenvalue weighted by Crippen LogP contribution is 2.06. The number of hydrogen-bond donors (Lipinski definition) is 0. The molecule has 0 aliphatic rings. The first-order valence-corrected chi connectivity index (χ1v) is 10.6. The van der Waals surface area contributed by atoms with Gasteiger partial charge in [0.1, 0.15) is 0 Å². The molecule has 58 valence electrons. The average molecular weight is 189 g/mol. The summed E-state index contributed by atoms with van der Waals surface area (Å²) in [4.78, 5) is 10.9. The summed E-state index contributed by atoms with van der Waals surface area (Å²) in [6, 6.07) is 0. The second-order valence-electron chi connectivity index (χ2n) is 2.54. The molecule has 0 aromatic carbocycles. The Morgan fingerprint density at radius 2 is 2.00 bits per heavy atom. The molecule has 0 spiro atoms. The maximum Gasteiger partial charge on any atom is 0.224 e. The van der Waals surface area contributed by atoms with Gasteiger partial charge >= 0.3 is 0 Å². The van der Waals surface area contributed by atoms with Crippen molar-refractivity contribution in [2.45, 2.75) is 24.4 Å². The van der Waals surface area contributed by atoms with Gasteiger partial charge in [-0.2, -0.15) is 0 Å². The molecule has 0 amide bonds. The van der Waals surface area contributed by atoms with Crippen molar-refractivity contribution in [3.8, 4) is 0 Å². The number of nitrogens with zero attached hydrogens (tertiary/aromatic N) is 1. The Balaban J connectivity index is 3.87. The van der Waals surface area contributed by atoms with E-state index in [4.69, 9.17) is 0 Å². The number of carbonyl (C=O) groups excluding carboxylic acids is 1. The second kappa shape index (κ2) is 5.79.